The van der Waals surface area contributed by atoms with Crippen molar-refractivity contribution in [2.45, 2.75) is 116 Å². The van der Waals surface area contributed by atoms with Crippen molar-refractivity contribution in [3.8, 4) is 0 Å². The molecule has 8 aliphatic carbocycles. The molecule has 0 saturated heterocycles. The van der Waals surface area contributed by atoms with Gasteiger partial charge < -0.3 is 5.11 Å². The van der Waals surface area contributed by atoms with Gasteiger partial charge in [0, 0.05) is 10.8 Å². The fourth-order valence-corrected chi connectivity index (χ4v) is 11.7. The third-order valence-electron chi connectivity index (χ3n) is 12.1. The van der Waals surface area contributed by atoms with E-state index in [2.05, 4.69) is 45.9 Å². The highest BCUT2D eigenvalue weighted by Gasteiger charge is 2.70. The molecule has 33 heavy (non-hydrogen) atoms. The quantitative estimate of drug-likeness (QED) is 0.500. The Morgan fingerprint density at radius 1 is 0.667 bits per heavy atom. The van der Waals surface area contributed by atoms with Crippen LogP contribution in [0.2, 0.25) is 0 Å². The first-order valence-electron chi connectivity index (χ1n) is 14.4. The highest BCUT2D eigenvalue weighted by atomic mass is 16.3. The van der Waals surface area contributed by atoms with E-state index in [1.54, 1.807) is 0 Å². The highest BCUT2D eigenvalue weighted by molar-refractivity contribution is 5.42. The molecule has 8 bridgehead atoms. The van der Waals surface area contributed by atoms with Crippen molar-refractivity contribution in [3.05, 3.63) is 34.9 Å². The third kappa shape index (κ3) is 2.87. The first-order valence-corrected chi connectivity index (χ1v) is 14.4. The summed E-state index contributed by atoms with van der Waals surface area (Å²) in [5.74, 6) is 5.27. The highest BCUT2D eigenvalue weighted by Crippen LogP contribution is 2.75. The minimum atomic E-state index is -0.642. The van der Waals surface area contributed by atoms with Gasteiger partial charge in [0.25, 0.3) is 0 Å². The zero-order valence-electron chi connectivity index (χ0n) is 21.6. The Morgan fingerprint density at radius 2 is 1.03 bits per heavy atom. The van der Waals surface area contributed by atoms with E-state index in [0.717, 1.165) is 35.5 Å². The van der Waals surface area contributed by atoms with Crippen LogP contribution in [-0.2, 0) is 11.0 Å². The normalized spacial score (nSPS) is 47.2. The Kier molecular flexibility index (Phi) is 4.35. The van der Waals surface area contributed by atoms with Crippen LogP contribution < -0.4 is 0 Å². The van der Waals surface area contributed by atoms with Crippen molar-refractivity contribution in [2.24, 2.45) is 46.3 Å². The van der Waals surface area contributed by atoms with E-state index in [1.807, 2.05) is 0 Å². The van der Waals surface area contributed by atoms with Gasteiger partial charge in [0.05, 0.1) is 0 Å². The number of aryl methyl sites for hydroxylation is 1. The minimum absolute atomic E-state index is 0.117. The molecule has 1 aromatic rings. The van der Waals surface area contributed by atoms with E-state index >= 15 is 0 Å². The molecular formula is C32H46O. The average Bonchev–Trinajstić information content (AvgIpc) is 2.70. The smallest absolute Gasteiger partial charge is 0.101 e. The predicted octanol–water partition coefficient (Wildman–Crippen LogP) is 7.91. The van der Waals surface area contributed by atoms with E-state index in [0.29, 0.717) is 0 Å². The minimum Gasteiger partial charge on any atom is -0.384 e. The second-order valence-corrected chi connectivity index (χ2v) is 15.4. The topological polar surface area (TPSA) is 20.2 Å². The van der Waals surface area contributed by atoms with Crippen LogP contribution in [0, 0.1) is 53.3 Å². The second-order valence-electron chi connectivity index (χ2n) is 15.4. The van der Waals surface area contributed by atoms with E-state index in [-0.39, 0.29) is 16.2 Å². The van der Waals surface area contributed by atoms with Gasteiger partial charge in [0.2, 0.25) is 0 Å². The number of benzene rings is 1. The molecule has 0 aromatic heterocycles. The van der Waals surface area contributed by atoms with E-state index in [4.69, 9.17) is 0 Å². The van der Waals surface area contributed by atoms with E-state index < -0.39 is 5.60 Å². The Labute approximate surface area is 202 Å². The van der Waals surface area contributed by atoms with Gasteiger partial charge >= 0.3 is 0 Å². The summed E-state index contributed by atoms with van der Waals surface area (Å²) in [4.78, 5) is 0. The van der Waals surface area contributed by atoms with E-state index in [1.165, 1.54) is 93.7 Å². The summed E-state index contributed by atoms with van der Waals surface area (Å²) in [5.41, 5.74) is 3.85. The van der Waals surface area contributed by atoms with Gasteiger partial charge in [-0.1, -0.05) is 39.0 Å². The molecule has 0 radical (unpaired) electrons. The maximum absolute atomic E-state index is 13.8. The zero-order chi connectivity index (χ0) is 22.8. The molecule has 1 nitrogen and oxygen atoms in total. The number of hydrogen-bond acceptors (Lipinski definition) is 1. The van der Waals surface area contributed by atoms with Gasteiger partial charge in [0.15, 0.2) is 0 Å². The van der Waals surface area contributed by atoms with Crippen LogP contribution in [0.15, 0.2) is 18.2 Å². The maximum atomic E-state index is 13.8. The molecule has 1 heteroatoms. The lowest BCUT2D eigenvalue weighted by molar-refractivity contribution is -0.278. The maximum Gasteiger partial charge on any atom is 0.101 e. The molecular weight excluding hydrogens is 400 g/mol. The van der Waals surface area contributed by atoms with Crippen LogP contribution in [0.3, 0.4) is 0 Å². The molecule has 0 unspecified atom stereocenters. The van der Waals surface area contributed by atoms with Crippen LogP contribution in [0.5, 0.6) is 0 Å². The Bertz CT molecular complexity index is 847. The number of rotatable bonds is 3. The molecule has 0 atom stereocenters. The van der Waals surface area contributed by atoms with Gasteiger partial charge in [0.1, 0.15) is 5.60 Å². The van der Waals surface area contributed by atoms with Crippen molar-refractivity contribution in [3.63, 3.8) is 0 Å². The molecule has 180 valence electrons. The molecule has 1 aromatic carbocycles. The van der Waals surface area contributed by atoms with E-state index in [9.17, 15) is 5.11 Å². The van der Waals surface area contributed by atoms with Crippen molar-refractivity contribution in [1.82, 2.24) is 0 Å². The Balaban J connectivity index is 1.45. The second kappa shape index (κ2) is 6.68. The Hall–Kier alpha value is -0.820. The first kappa shape index (κ1) is 21.5. The van der Waals surface area contributed by atoms with Crippen molar-refractivity contribution >= 4 is 0 Å². The van der Waals surface area contributed by atoms with Crippen LogP contribution in [0.25, 0.3) is 0 Å². The Morgan fingerprint density at radius 3 is 1.36 bits per heavy atom. The lowest BCUT2D eigenvalue weighted by Gasteiger charge is -2.71. The van der Waals surface area contributed by atoms with Crippen LogP contribution in [-0.4, -0.2) is 5.11 Å². The molecule has 0 heterocycles. The molecule has 8 saturated carbocycles. The van der Waals surface area contributed by atoms with Gasteiger partial charge in [-0.25, -0.2) is 0 Å². The molecule has 8 aliphatic rings. The summed E-state index contributed by atoms with van der Waals surface area (Å²) < 4.78 is 0. The number of hydrogen-bond donors (Lipinski definition) is 1. The van der Waals surface area contributed by atoms with Crippen LogP contribution >= 0.6 is 0 Å². The summed E-state index contributed by atoms with van der Waals surface area (Å²) in [5, 5.41) is 13.8. The van der Waals surface area contributed by atoms with Gasteiger partial charge in [-0.05, 0) is 142 Å². The molecule has 1 N–H and O–H groups in total. The van der Waals surface area contributed by atoms with Gasteiger partial charge in [-0.15, -0.1) is 0 Å². The summed E-state index contributed by atoms with van der Waals surface area (Å²) >= 11 is 0. The lowest BCUT2D eigenvalue weighted by Crippen LogP contribution is -2.67. The summed E-state index contributed by atoms with van der Waals surface area (Å²) in [7, 11) is 0. The van der Waals surface area contributed by atoms with Gasteiger partial charge in [-0.3, -0.25) is 0 Å². The standard InChI is InChI=1S/C32H46O/c1-20-5-6-27(29(2,3)4)13-28(20)32(33,30-14-21-7-22(15-30)9-23(8-21)16-30)31-17-24-10-25(18-31)12-26(11-24)19-31/h5-6,13,21-26,33H,7-12,14-19H2,1-4H3. The summed E-state index contributed by atoms with van der Waals surface area (Å²) in [6.07, 6.45) is 16.5. The SMILES string of the molecule is Cc1ccc(C(C)(C)C)cc1C(O)(C12CC3CC(CC(C3)C1)C2)C12CC3CC(CC(C3)C1)C2. The molecule has 0 aliphatic heterocycles. The molecule has 9 rings (SSSR count). The largest absolute Gasteiger partial charge is 0.384 e. The molecule has 8 fully saturated rings. The lowest BCUT2D eigenvalue weighted by atomic mass is 9.35. The average molecular weight is 447 g/mol. The molecule has 0 spiro atoms. The van der Waals surface area contributed by atoms with Crippen molar-refractivity contribution in [1.29, 1.82) is 0 Å². The van der Waals surface area contributed by atoms with Crippen LogP contribution in [0.1, 0.15) is 115 Å². The fourth-order valence-electron chi connectivity index (χ4n) is 11.7. The monoisotopic (exact) mass is 446 g/mol. The van der Waals surface area contributed by atoms with Crippen molar-refractivity contribution in [2.75, 3.05) is 0 Å². The first-order chi connectivity index (χ1) is 15.6. The summed E-state index contributed by atoms with van der Waals surface area (Å²) in [6, 6.07) is 7.22. The predicted molar refractivity (Wildman–Crippen MR) is 135 cm³/mol. The number of aliphatic hydroxyl groups is 1. The van der Waals surface area contributed by atoms with Crippen LogP contribution in [0.4, 0.5) is 0 Å². The summed E-state index contributed by atoms with van der Waals surface area (Å²) in [6.45, 7) is 9.34. The fraction of sp³-hybridized carbons (Fsp3) is 0.812. The van der Waals surface area contributed by atoms with Gasteiger partial charge in [-0.2, -0.15) is 0 Å². The zero-order valence-corrected chi connectivity index (χ0v) is 21.6. The van der Waals surface area contributed by atoms with Crippen molar-refractivity contribution < 1.29 is 5.11 Å². The third-order valence-corrected chi connectivity index (χ3v) is 12.1. The molecule has 0 amide bonds.